The smallest absolute Gasteiger partial charge is 0.163 e. The van der Waals surface area contributed by atoms with E-state index in [0.717, 1.165) is 11.5 Å². The van der Waals surface area contributed by atoms with E-state index in [4.69, 9.17) is 14.2 Å². The van der Waals surface area contributed by atoms with Crippen molar-refractivity contribution in [1.29, 1.82) is 0 Å². The lowest BCUT2D eigenvalue weighted by molar-refractivity contribution is -0.162. The second kappa shape index (κ2) is 8.58. The third-order valence-corrected chi connectivity index (χ3v) is 5.84. The van der Waals surface area contributed by atoms with Crippen LogP contribution < -0.4 is 0 Å². The van der Waals surface area contributed by atoms with Crippen LogP contribution in [0.15, 0.2) is 0 Å². The monoisotopic (exact) mass is 352 g/mol. The van der Waals surface area contributed by atoms with Crippen LogP contribution in [0.1, 0.15) is 48.5 Å². The first-order valence-corrected chi connectivity index (χ1v) is 10.1. The Bertz CT molecular complexity index is 325. The zero-order valence-electron chi connectivity index (χ0n) is 14.9. The number of hydrogen-bond donors (Lipinski definition) is 1. The van der Waals surface area contributed by atoms with Gasteiger partial charge in [-0.15, -0.1) is 23.5 Å². The molecule has 1 aliphatic rings. The summed E-state index contributed by atoms with van der Waals surface area (Å²) < 4.78 is 18.1. The van der Waals surface area contributed by atoms with E-state index in [-0.39, 0.29) is 29.0 Å². The van der Waals surface area contributed by atoms with Gasteiger partial charge < -0.3 is 19.3 Å². The fourth-order valence-corrected chi connectivity index (χ4v) is 4.98. The zero-order valence-corrected chi connectivity index (χ0v) is 16.6. The minimum absolute atomic E-state index is 0.136. The minimum Gasteiger partial charge on any atom is -0.388 e. The van der Waals surface area contributed by atoms with Gasteiger partial charge in [-0.25, -0.2) is 0 Å². The second-order valence-electron chi connectivity index (χ2n) is 6.83. The summed E-state index contributed by atoms with van der Waals surface area (Å²) in [6.45, 7) is 14.3. The van der Waals surface area contributed by atoms with E-state index in [0.29, 0.717) is 0 Å². The highest BCUT2D eigenvalue weighted by molar-refractivity contribution is 8.17. The van der Waals surface area contributed by atoms with Crippen LogP contribution in [0, 0.1) is 0 Å². The summed E-state index contributed by atoms with van der Waals surface area (Å²) in [6.07, 6.45) is -1.19. The molecule has 1 aliphatic heterocycles. The Morgan fingerprint density at radius 1 is 1.09 bits per heavy atom. The highest BCUT2D eigenvalue weighted by Crippen LogP contribution is 2.40. The molecule has 1 saturated heterocycles. The Morgan fingerprint density at radius 2 is 1.59 bits per heavy atom. The molecular formula is C16H32O4S2. The van der Waals surface area contributed by atoms with E-state index in [1.165, 1.54) is 0 Å². The van der Waals surface area contributed by atoms with Crippen molar-refractivity contribution < 1.29 is 19.3 Å². The molecule has 0 radical (unpaired) electrons. The normalized spacial score (nSPS) is 26.6. The molecule has 0 bridgehead atoms. The molecule has 1 heterocycles. The Labute approximate surface area is 144 Å². The Morgan fingerprint density at radius 3 is 2.05 bits per heavy atom. The SMILES string of the molecule is CCSC(SCC)[C@H]1OC(C)(C)O[C@H]1[C@@H](O)COC(C)(C)C. The van der Waals surface area contributed by atoms with Crippen molar-refractivity contribution in [3.05, 3.63) is 0 Å². The van der Waals surface area contributed by atoms with Gasteiger partial charge in [0.1, 0.15) is 18.3 Å². The van der Waals surface area contributed by atoms with Gasteiger partial charge in [0.25, 0.3) is 0 Å². The highest BCUT2D eigenvalue weighted by atomic mass is 32.2. The van der Waals surface area contributed by atoms with Crippen LogP contribution in [0.25, 0.3) is 0 Å². The number of ether oxygens (including phenoxy) is 3. The van der Waals surface area contributed by atoms with E-state index >= 15 is 0 Å². The molecular weight excluding hydrogens is 320 g/mol. The number of aliphatic hydroxyl groups is 1. The number of rotatable bonds is 8. The van der Waals surface area contributed by atoms with Gasteiger partial charge in [0.2, 0.25) is 0 Å². The first kappa shape index (κ1) is 20.6. The number of hydrogen-bond acceptors (Lipinski definition) is 6. The Kier molecular flexibility index (Phi) is 8.03. The molecule has 0 saturated carbocycles. The maximum absolute atomic E-state index is 10.6. The fraction of sp³-hybridized carbons (Fsp3) is 1.00. The molecule has 3 atom stereocenters. The van der Waals surface area contributed by atoms with Crippen LogP contribution in [-0.2, 0) is 14.2 Å². The minimum atomic E-state index is -0.691. The molecule has 0 aromatic carbocycles. The molecule has 0 aromatic rings. The van der Waals surface area contributed by atoms with Gasteiger partial charge >= 0.3 is 0 Å². The van der Waals surface area contributed by atoms with Crippen molar-refractivity contribution in [1.82, 2.24) is 0 Å². The maximum atomic E-state index is 10.6. The molecule has 0 aromatic heterocycles. The average molecular weight is 353 g/mol. The first-order chi connectivity index (χ1) is 10.1. The van der Waals surface area contributed by atoms with Crippen molar-refractivity contribution in [2.24, 2.45) is 0 Å². The van der Waals surface area contributed by atoms with Crippen molar-refractivity contribution in [2.45, 2.75) is 82.7 Å². The largest absolute Gasteiger partial charge is 0.388 e. The quantitative estimate of drug-likeness (QED) is 0.675. The van der Waals surface area contributed by atoms with Crippen LogP contribution in [0.2, 0.25) is 0 Å². The second-order valence-corrected chi connectivity index (χ2v) is 9.97. The van der Waals surface area contributed by atoms with E-state index in [9.17, 15) is 5.11 Å². The van der Waals surface area contributed by atoms with Crippen LogP contribution in [-0.4, -0.2) is 57.5 Å². The molecule has 0 spiro atoms. The van der Waals surface area contributed by atoms with Gasteiger partial charge in [-0.1, -0.05) is 13.8 Å². The third kappa shape index (κ3) is 6.57. The first-order valence-electron chi connectivity index (χ1n) is 8.00. The van der Waals surface area contributed by atoms with Crippen molar-refractivity contribution in [3.63, 3.8) is 0 Å². The third-order valence-electron chi connectivity index (χ3n) is 3.16. The summed E-state index contributed by atoms with van der Waals surface area (Å²) in [5.74, 6) is 1.36. The lowest BCUT2D eigenvalue weighted by Crippen LogP contribution is -2.43. The molecule has 0 unspecified atom stereocenters. The summed E-state index contributed by atoms with van der Waals surface area (Å²) in [6, 6.07) is 0. The Hall–Kier alpha value is 0.540. The van der Waals surface area contributed by atoms with Gasteiger partial charge in [-0.3, -0.25) is 0 Å². The van der Waals surface area contributed by atoms with Crippen LogP contribution >= 0.6 is 23.5 Å². The predicted octanol–water partition coefficient (Wildman–Crippen LogP) is 3.51. The number of aliphatic hydroxyl groups excluding tert-OH is 1. The molecule has 1 N–H and O–H groups in total. The summed E-state index contributed by atoms with van der Waals surface area (Å²) >= 11 is 3.70. The van der Waals surface area contributed by atoms with E-state index < -0.39 is 11.9 Å². The fourth-order valence-electron chi connectivity index (χ4n) is 2.32. The standard InChI is InChI=1S/C16H32O4S2/c1-8-21-14(22-9-2)13-12(19-16(6,7)20-13)11(17)10-18-15(3,4)5/h11-14,17H,8-10H2,1-7H3/t11-,12-,13-/m0/s1. The number of thioether (sulfide) groups is 2. The van der Waals surface area contributed by atoms with E-state index in [1.807, 2.05) is 58.1 Å². The summed E-state index contributed by atoms with van der Waals surface area (Å²) in [4.78, 5) is 0. The highest BCUT2D eigenvalue weighted by Gasteiger charge is 2.48. The van der Waals surface area contributed by atoms with Gasteiger partial charge in [0.05, 0.1) is 16.8 Å². The molecule has 132 valence electrons. The summed E-state index contributed by atoms with van der Waals surface area (Å²) in [5.41, 5.74) is -0.277. The lowest BCUT2D eigenvalue weighted by Gasteiger charge is -2.29. The van der Waals surface area contributed by atoms with Crippen molar-refractivity contribution in [3.8, 4) is 0 Å². The summed E-state index contributed by atoms with van der Waals surface area (Å²) in [7, 11) is 0. The molecule has 0 amide bonds. The van der Waals surface area contributed by atoms with Crippen LogP contribution in [0.3, 0.4) is 0 Å². The van der Waals surface area contributed by atoms with E-state index in [2.05, 4.69) is 13.8 Å². The van der Waals surface area contributed by atoms with Crippen LogP contribution in [0.5, 0.6) is 0 Å². The summed E-state index contributed by atoms with van der Waals surface area (Å²) in [5, 5.41) is 10.6. The van der Waals surface area contributed by atoms with Gasteiger partial charge in [0, 0.05) is 0 Å². The molecule has 22 heavy (non-hydrogen) atoms. The molecule has 4 nitrogen and oxygen atoms in total. The van der Waals surface area contributed by atoms with Crippen LogP contribution in [0.4, 0.5) is 0 Å². The molecule has 1 rings (SSSR count). The average Bonchev–Trinajstić information content (AvgIpc) is 2.71. The van der Waals surface area contributed by atoms with Crippen molar-refractivity contribution >= 4 is 23.5 Å². The molecule has 6 heteroatoms. The van der Waals surface area contributed by atoms with Gasteiger partial charge in [-0.05, 0) is 46.1 Å². The van der Waals surface area contributed by atoms with Gasteiger partial charge in [-0.2, -0.15) is 0 Å². The zero-order chi connectivity index (χ0) is 17.0. The van der Waals surface area contributed by atoms with E-state index in [1.54, 1.807) is 0 Å². The molecule has 0 aliphatic carbocycles. The lowest BCUT2D eigenvalue weighted by atomic mass is 10.1. The molecule has 1 fully saturated rings. The Balaban J connectivity index is 2.78. The maximum Gasteiger partial charge on any atom is 0.163 e. The van der Waals surface area contributed by atoms with Gasteiger partial charge in [0.15, 0.2) is 5.79 Å². The predicted molar refractivity (Wildman–Crippen MR) is 95.6 cm³/mol. The topological polar surface area (TPSA) is 47.9 Å². The van der Waals surface area contributed by atoms with Crippen molar-refractivity contribution in [2.75, 3.05) is 18.1 Å².